The predicted octanol–water partition coefficient (Wildman–Crippen LogP) is 2.71. The Labute approximate surface area is 86.2 Å². The molecule has 0 aliphatic heterocycles. The van der Waals surface area contributed by atoms with Gasteiger partial charge in [0.25, 0.3) is 0 Å². The molecule has 1 saturated carbocycles. The molecule has 3 nitrogen and oxygen atoms in total. The van der Waals surface area contributed by atoms with E-state index in [1.54, 1.807) is 11.3 Å². The average Bonchev–Trinajstić information content (AvgIpc) is 2.71. The van der Waals surface area contributed by atoms with Gasteiger partial charge >= 0.3 is 0 Å². The number of aromatic nitrogens is 2. The van der Waals surface area contributed by atoms with Gasteiger partial charge in [0.2, 0.25) is 0 Å². The van der Waals surface area contributed by atoms with E-state index in [1.807, 2.05) is 0 Å². The first-order valence-electron chi connectivity index (χ1n) is 4.76. The monoisotopic (exact) mass is 205 g/mol. The third kappa shape index (κ3) is 1.53. The lowest BCUT2D eigenvalue weighted by Crippen LogP contribution is -2.00. The van der Waals surface area contributed by atoms with Crippen LogP contribution in [0.1, 0.15) is 12.8 Å². The van der Waals surface area contributed by atoms with Crippen LogP contribution in [0.5, 0.6) is 0 Å². The van der Waals surface area contributed by atoms with Crippen LogP contribution < -0.4 is 5.32 Å². The Morgan fingerprint density at radius 1 is 1.50 bits per heavy atom. The van der Waals surface area contributed by atoms with Crippen LogP contribution in [-0.4, -0.2) is 16.2 Å². The molecule has 0 aromatic carbocycles. The number of nitrogens with one attached hydrogen (secondary N) is 2. The van der Waals surface area contributed by atoms with E-state index in [0.717, 1.165) is 11.5 Å². The maximum absolute atomic E-state index is 4.22. The van der Waals surface area contributed by atoms with Crippen molar-refractivity contribution in [3.8, 4) is 11.3 Å². The second-order valence-corrected chi connectivity index (χ2v) is 4.38. The third-order valence-electron chi connectivity index (χ3n) is 2.34. The van der Waals surface area contributed by atoms with Gasteiger partial charge in [0.05, 0.1) is 5.69 Å². The molecule has 0 spiro atoms. The number of H-pyrrole nitrogens is 1. The van der Waals surface area contributed by atoms with Crippen molar-refractivity contribution in [2.75, 3.05) is 5.32 Å². The topological polar surface area (TPSA) is 40.7 Å². The van der Waals surface area contributed by atoms with Crippen LogP contribution >= 0.6 is 11.3 Å². The summed E-state index contributed by atoms with van der Waals surface area (Å²) in [5.41, 5.74) is 2.31. The van der Waals surface area contributed by atoms with Crippen LogP contribution in [-0.2, 0) is 0 Å². The lowest BCUT2D eigenvalue weighted by molar-refractivity contribution is 1.05. The molecule has 14 heavy (non-hydrogen) atoms. The van der Waals surface area contributed by atoms with E-state index < -0.39 is 0 Å². The molecule has 2 N–H and O–H groups in total. The van der Waals surface area contributed by atoms with Gasteiger partial charge in [-0.05, 0) is 24.3 Å². The molecule has 3 rings (SSSR count). The number of thiophene rings is 1. The first kappa shape index (κ1) is 8.05. The fourth-order valence-corrected chi connectivity index (χ4v) is 2.05. The molecular formula is C10H11N3S. The number of aromatic amines is 1. The highest BCUT2D eigenvalue weighted by molar-refractivity contribution is 7.08. The second-order valence-electron chi connectivity index (χ2n) is 3.60. The summed E-state index contributed by atoms with van der Waals surface area (Å²) in [6.07, 6.45) is 2.56. The van der Waals surface area contributed by atoms with Gasteiger partial charge in [0.1, 0.15) is 5.82 Å². The molecule has 72 valence electrons. The average molecular weight is 205 g/mol. The van der Waals surface area contributed by atoms with Crippen molar-refractivity contribution < 1.29 is 0 Å². The van der Waals surface area contributed by atoms with Crippen LogP contribution in [0.2, 0.25) is 0 Å². The van der Waals surface area contributed by atoms with E-state index in [-0.39, 0.29) is 0 Å². The van der Waals surface area contributed by atoms with Crippen LogP contribution in [0.25, 0.3) is 11.3 Å². The van der Waals surface area contributed by atoms with Gasteiger partial charge in [-0.1, -0.05) is 0 Å². The summed E-state index contributed by atoms with van der Waals surface area (Å²) in [7, 11) is 0. The molecule has 1 aliphatic rings. The van der Waals surface area contributed by atoms with Crippen molar-refractivity contribution in [1.29, 1.82) is 0 Å². The van der Waals surface area contributed by atoms with Gasteiger partial charge in [-0.3, -0.25) is 5.10 Å². The zero-order valence-electron chi connectivity index (χ0n) is 7.66. The summed E-state index contributed by atoms with van der Waals surface area (Å²) >= 11 is 1.70. The molecule has 0 unspecified atom stereocenters. The Balaban J connectivity index is 1.82. The van der Waals surface area contributed by atoms with E-state index in [9.17, 15) is 0 Å². The quantitative estimate of drug-likeness (QED) is 0.808. The normalized spacial score (nSPS) is 15.7. The van der Waals surface area contributed by atoms with Crippen LogP contribution in [0.4, 0.5) is 5.82 Å². The Morgan fingerprint density at radius 3 is 3.14 bits per heavy atom. The molecule has 0 radical (unpaired) electrons. The number of anilines is 1. The molecule has 1 aliphatic carbocycles. The molecule has 0 saturated heterocycles. The van der Waals surface area contributed by atoms with E-state index >= 15 is 0 Å². The second kappa shape index (κ2) is 3.13. The SMILES string of the molecule is c1cc(-c2cc(NC3CC3)n[nH]2)cs1. The van der Waals surface area contributed by atoms with Gasteiger partial charge in [-0.25, -0.2) is 0 Å². The molecule has 1 fully saturated rings. The summed E-state index contributed by atoms with van der Waals surface area (Å²) in [5, 5.41) is 14.8. The minimum Gasteiger partial charge on any atom is -0.366 e. The Kier molecular flexibility index (Phi) is 1.80. The summed E-state index contributed by atoms with van der Waals surface area (Å²) in [4.78, 5) is 0. The first-order valence-corrected chi connectivity index (χ1v) is 5.70. The highest BCUT2D eigenvalue weighted by Gasteiger charge is 2.21. The van der Waals surface area contributed by atoms with Crippen molar-refractivity contribution in [2.45, 2.75) is 18.9 Å². The number of hydrogen-bond acceptors (Lipinski definition) is 3. The zero-order chi connectivity index (χ0) is 9.38. The molecule has 0 bridgehead atoms. The molecule has 0 atom stereocenters. The lowest BCUT2D eigenvalue weighted by atomic mass is 10.2. The van der Waals surface area contributed by atoms with E-state index in [0.29, 0.717) is 6.04 Å². The maximum Gasteiger partial charge on any atom is 0.148 e. The summed E-state index contributed by atoms with van der Waals surface area (Å²) in [5.74, 6) is 0.966. The fourth-order valence-electron chi connectivity index (χ4n) is 1.40. The van der Waals surface area contributed by atoms with Gasteiger partial charge in [0.15, 0.2) is 0 Å². The van der Waals surface area contributed by atoms with Gasteiger partial charge in [-0.15, -0.1) is 0 Å². The molecule has 2 aromatic rings. The van der Waals surface area contributed by atoms with Gasteiger partial charge in [0, 0.05) is 23.1 Å². The summed E-state index contributed by atoms with van der Waals surface area (Å²) in [6.45, 7) is 0. The predicted molar refractivity (Wildman–Crippen MR) is 58.5 cm³/mol. The third-order valence-corrected chi connectivity index (χ3v) is 3.02. The van der Waals surface area contributed by atoms with Crippen molar-refractivity contribution in [2.24, 2.45) is 0 Å². The number of nitrogens with zero attached hydrogens (tertiary/aromatic N) is 1. The largest absolute Gasteiger partial charge is 0.366 e. The molecular weight excluding hydrogens is 194 g/mol. The van der Waals surface area contributed by atoms with Crippen LogP contribution in [0, 0.1) is 0 Å². The molecule has 0 amide bonds. The number of rotatable bonds is 3. The van der Waals surface area contributed by atoms with E-state index in [1.165, 1.54) is 18.4 Å². The number of hydrogen-bond donors (Lipinski definition) is 2. The zero-order valence-corrected chi connectivity index (χ0v) is 8.47. The van der Waals surface area contributed by atoms with Gasteiger partial charge < -0.3 is 5.32 Å². The molecule has 2 heterocycles. The standard InChI is InChI=1S/C10H11N3S/c1-2-8(1)11-10-5-9(12-13-10)7-3-4-14-6-7/h3-6,8H,1-2H2,(H2,11,12,13). The highest BCUT2D eigenvalue weighted by Crippen LogP contribution is 2.26. The molecule has 2 aromatic heterocycles. The van der Waals surface area contributed by atoms with Crippen molar-refractivity contribution in [3.63, 3.8) is 0 Å². The van der Waals surface area contributed by atoms with Crippen molar-refractivity contribution in [3.05, 3.63) is 22.9 Å². The first-order chi connectivity index (χ1) is 6.92. The summed E-state index contributed by atoms with van der Waals surface area (Å²) < 4.78 is 0. The Bertz CT molecular complexity index is 414. The summed E-state index contributed by atoms with van der Waals surface area (Å²) in [6, 6.07) is 4.83. The minimum absolute atomic E-state index is 0.661. The Morgan fingerprint density at radius 2 is 2.43 bits per heavy atom. The fraction of sp³-hybridized carbons (Fsp3) is 0.300. The van der Waals surface area contributed by atoms with E-state index in [2.05, 4.69) is 38.4 Å². The van der Waals surface area contributed by atoms with E-state index in [4.69, 9.17) is 0 Å². The van der Waals surface area contributed by atoms with Crippen molar-refractivity contribution >= 4 is 17.2 Å². The molecule has 4 heteroatoms. The smallest absolute Gasteiger partial charge is 0.148 e. The minimum atomic E-state index is 0.661. The van der Waals surface area contributed by atoms with Crippen molar-refractivity contribution in [1.82, 2.24) is 10.2 Å². The van der Waals surface area contributed by atoms with Gasteiger partial charge in [-0.2, -0.15) is 16.4 Å². The Hall–Kier alpha value is -1.29. The van der Waals surface area contributed by atoms with Crippen LogP contribution in [0.15, 0.2) is 22.9 Å². The maximum atomic E-state index is 4.22. The lowest BCUT2D eigenvalue weighted by Gasteiger charge is -1.95. The van der Waals surface area contributed by atoms with Crippen LogP contribution in [0.3, 0.4) is 0 Å². The highest BCUT2D eigenvalue weighted by atomic mass is 32.1.